The Labute approximate surface area is 174 Å². The number of rotatable bonds is 2. The number of anilines is 1. The second kappa shape index (κ2) is 7.96. The third-order valence-corrected chi connectivity index (χ3v) is 6.38. The van der Waals surface area contributed by atoms with Gasteiger partial charge in [-0.1, -0.05) is 11.6 Å². The van der Waals surface area contributed by atoms with Crippen LogP contribution in [0.1, 0.15) is 9.67 Å². The fourth-order valence-electron chi connectivity index (χ4n) is 3.17. The van der Waals surface area contributed by atoms with E-state index >= 15 is 0 Å². The van der Waals surface area contributed by atoms with Gasteiger partial charge in [-0.15, -0.1) is 11.3 Å². The quantitative estimate of drug-likeness (QED) is 0.627. The maximum atomic E-state index is 13.4. The number of urea groups is 1. The first kappa shape index (κ1) is 19.6. The molecule has 0 aliphatic carbocycles. The van der Waals surface area contributed by atoms with E-state index in [0.29, 0.717) is 51.9 Å². The Balaban J connectivity index is 1.40. The molecule has 0 radical (unpaired) electrons. The number of benzene rings is 2. The number of fused-ring (bicyclic) bond motifs is 1. The molecule has 1 saturated heterocycles. The molecule has 150 valence electrons. The molecule has 2 aromatic carbocycles. The number of halogens is 3. The molecule has 0 bridgehead atoms. The van der Waals surface area contributed by atoms with Crippen LogP contribution < -0.4 is 5.32 Å². The molecular weight excluding hydrogens is 420 g/mol. The molecule has 4 rings (SSSR count). The van der Waals surface area contributed by atoms with Crippen molar-refractivity contribution in [3.63, 3.8) is 0 Å². The van der Waals surface area contributed by atoms with E-state index in [1.807, 2.05) is 0 Å². The fraction of sp³-hybridized carbons (Fsp3) is 0.200. The van der Waals surface area contributed by atoms with Crippen LogP contribution in [0.2, 0.25) is 5.02 Å². The molecule has 29 heavy (non-hydrogen) atoms. The van der Waals surface area contributed by atoms with Gasteiger partial charge in [-0.25, -0.2) is 13.6 Å². The van der Waals surface area contributed by atoms with Crippen molar-refractivity contribution in [1.29, 1.82) is 0 Å². The standard InChI is InChI=1S/C20H16ClF2N3O2S/c21-17-15-6-3-13(23)11-16(15)29-18(17)19(27)25-7-9-26(10-8-25)20(28)24-14-4-1-12(22)2-5-14/h1-6,11H,7-10H2,(H,24,28). The zero-order valence-electron chi connectivity index (χ0n) is 15.1. The summed E-state index contributed by atoms with van der Waals surface area (Å²) in [7, 11) is 0. The largest absolute Gasteiger partial charge is 0.334 e. The number of nitrogens with one attached hydrogen (secondary N) is 1. The average Bonchev–Trinajstić information content (AvgIpc) is 3.05. The van der Waals surface area contributed by atoms with Gasteiger partial charge in [0.1, 0.15) is 16.5 Å². The molecule has 0 unspecified atom stereocenters. The van der Waals surface area contributed by atoms with Gasteiger partial charge in [-0.05, 0) is 42.5 Å². The van der Waals surface area contributed by atoms with E-state index in [9.17, 15) is 18.4 Å². The Morgan fingerprint density at radius 2 is 1.55 bits per heavy atom. The minimum Gasteiger partial charge on any atom is -0.334 e. The van der Waals surface area contributed by atoms with Crippen LogP contribution in [-0.4, -0.2) is 47.9 Å². The molecule has 1 aromatic heterocycles. The van der Waals surface area contributed by atoms with Crippen molar-refractivity contribution in [2.24, 2.45) is 0 Å². The topological polar surface area (TPSA) is 52.7 Å². The lowest BCUT2D eigenvalue weighted by molar-refractivity contribution is 0.0676. The first-order chi connectivity index (χ1) is 13.9. The molecule has 0 spiro atoms. The highest BCUT2D eigenvalue weighted by Crippen LogP contribution is 2.36. The molecule has 3 aromatic rings. The predicted octanol–water partition coefficient (Wildman–Crippen LogP) is 4.82. The summed E-state index contributed by atoms with van der Waals surface area (Å²) in [5.74, 6) is -0.983. The van der Waals surface area contributed by atoms with Gasteiger partial charge in [0.05, 0.1) is 5.02 Å². The van der Waals surface area contributed by atoms with E-state index in [1.165, 1.54) is 36.4 Å². The van der Waals surface area contributed by atoms with Crippen molar-refractivity contribution >= 4 is 50.6 Å². The number of thiophene rings is 1. The van der Waals surface area contributed by atoms with Crippen LogP contribution in [0.15, 0.2) is 42.5 Å². The Morgan fingerprint density at radius 3 is 2.24 bits per heavy atom. The van der Waals surface area contributed by atoms with Gasteiger partial charge in [-0.3, -0.25) is 4.79 Å². The van der Waals surface area contributed by atoms with Crippen LogP contribution >= 0.6 is 22.9 Å². The highest BCUT2D eigenvalue weighted by atomic mass is 35.5. The van der Waals surface area contributed by atoms with Crippen LogP contribution in [-0.2, 0) is 0 Å². The van der Waals surface area contributed by atoms with Gasteiger partial charge in [0.2, 0.25) is 0 Å². The summed E-state index contributed by atoms with van der Waals surface area (Å²) in [6, 6.07) is 9.45. The third kappa shape index (κ3) is 4.04. The summed E-state index contributed by atoms with van der Waals surface area (Å²) >= 11 is 7.51. The van der Waals surface area contributed by atoms with E-state index in [2.05, 4.69) is 5.32 Å². The van der Waals surface area contributed by atoms with Crippen molar-refractivity contribution in [3.05, 3.63) is 64.0 Å². The van der Waals surface area contributed by atoms with Crippen molar-refractivity contribution in [2.45, 2.75) is 0 Å². The second-order valence-corrected chi connectivity index (χ2v) is 8.03. The van der Waals surface area contributed by atoms with E-state index in [4.69, 9.17) is 11.6 Å². The summed E-state index contributed by atoms with van der Waals surface area (Å²) in [6.45, 7) is 1.43. The van der Waals surface area contributed by atoms with Gasteiger partial charge >= 0.3 is 6.03 Å². The zero-order valence-corrected chi connectivity index (χ0v) is 16.7. The lowest BCUT2D eigenvalue weighted by Gasteiger charge is -2.34. The summed E-state index contributed by atoms with van der Waals surface area (Å²) in [5.41, 5.74) is 0.499. The second-order valence-electron chi connectivity index (χ2n) is 6.60. The molecule has 0 atom stereocenters. The Hall–Kier alpha value is -2.71. The molecular formula is C20H16ClF2N3O2S. The number of carbonyl (C=O) groups excluding carboxylic acids is 2. The number of hydrogen-bond donors (Lipinski definition) is 1. The maximum Gasteiger partial charge on any atom is 0.321 e. The monoisotopic (exact) mass is 435 g/mol. The molecule has 0 saturated carbocycles. The smallest absolute Gasteiger partial charge is 0.321 e. The first-order valence-corrected chi connectivity index (χ1v) is 10.1. The van der Waals surface area contributed by atoms with Crippen molar-refractivity contribution < 1.29 is 18.4 Å². The number of piperazine rings is 1. The summed E-state index contributed by atoms with van der Waals surface area (Å²) in [5, 5.41) is 3.69. The van der Waals surface area contributed by atoms with Crippen molar-refractivity contribution in [2.75, 3.05) is 31.5 Å². The number of amides is 3. The summed E-state index contributed by atoms with van der Waals surface area (Å²) in [6.07, 6.45) is 0. The SMILES string of the molecule is O=C(Nc1ccc(F)cc1)N1CCN(C(=O)c2sc3cc(F)ccc3c2Cl)CC1. The van der Waals surface area contributed by atoms with Crippen LogP contribution in [0.25, 0.3) is 10.1 Å². The lowest BCUT2D eigenvalue weighted by Crippen LogP contribution is -2.51. The highest BCUT2D eigenvalue weighted by Gasteiger charge is 2.28. The molecule has 3 amide bonds. The molecule has 1 fully saturated rings. The van der Waals surface area contributed by atoms with Crippen LogP contribution in [0.4, 0.5) is 19.3 Å². The molecule has 1 aliphatic heterocycles. The highest BCUT2D eigenvalue weighted by molar-refractivity contribution is 7.21. The molecule has 5 nitrogen and oxygen atoms in total. The number of hydrogen-bond acceptors (Lipinski definition) is 3. The minimum absolute atomic E-state index is 0.227. The average molecular weight is 436 g/mol. The zero-order chi connectivity index (χ0) is 20.5. The summed E-state index contributed by atoms with van der Waals surface area (Å²) < 4.78 is 27.0. The van der Waals surface area contributed by atoms with E-state index in [0.717, 1.165) is 11.3 Å². The maximum absolute atomic E-state index is 13.4. The molecule has 1 aliphatic rings. The van der Waals surface area contributed by atoms with Crippen molar-refractivity contribution in [1.82, 2.24) is 9.80 Å². The number of carbonyl (C=O) groups is 2. The Kier molecular flexibility index (Phi) is 5.38. The van der Waals surface area contributed by atoms with E-state index in [1.54, 1.807) is 15.9 Å². The number of nitrogens with zero attached hydrogens (tertiary/aromatic N) is 2. The molecule has 2 heterocycles. The van der Waals surface area contributed by atoms with Gasteiger partial charge in [0.15, 0.2) is 0 Å². The van der Waals surface area contributed by atoms with Gasteiger partial charge in [0.25, 0.3) is 5.91 Å². The first-order valence-electron chi connectivity index (χ1n) is 8.90. The predicted molar refractivity (Wildman–Crippen MR) is 110 cm³/mol. The van der Waals surface area contributed by atoms with Crippen LogP contribution in [0.5, 0.6) is 0 Å². The fourth-order valence-corrected chi connectivity index (χ4v) is 4.67. The van der Waals surface area contributed by atoms with Crippen LogP contribution in [0.3, 0.4) is 0 Å². The van der Waals surface area contributed by atoms with E-state index in [-0.39, 0.29) is 23.6 Å². The summed E-state index contributed by atoms with van der Waals surface area (Å²) in [4.78, 5) is 28.8. The lowest BCUT2D eigenvalue weighted by atomic mass is 10.2. The third-order valence-electron chi connectivity index (χ3n) is 4.74. The minimum atomic E-state index is -0.379. The van der Waals surface area contributed by atoms with Crippen molar-refractivity contribution in [3.8, 4) is 0 Å². The Bertz CT molecular complexity index is 1080. The Morgan fingerprint density at radius 1 is 0.931 bits per heavy atom. The van der Waals surface area contributed by atoms with E-state index < -0.39 is 0 Å². The van der Waals surface area contributed by atoms with Crippen LogP contribution in [0, 0.1) is 11.6 Å². The molecule has 9 heteroatoms. The van der Waals surface area contributed by atoms with Gasteiger partial charge in [0, 0.05) is 42.0 Å². The van der Waals surface area contributed by atoms with Gasteiger partial charge < -0.3 is 15.1 Å². The normalized spacial score (nSPS) is 14.3. The van der Waals surface area contributed by atoms with Gasteiger partial charge in [-0.2, -0.15) is 0 Å². The molecule has 1 N–H and O–H groups in total.